The van der Waals surface area contributed by atoms with Gasteiger partial charge in [0.25, 0.3) is 5.91 Å². The Labute approximate surface area is 186 Å². The van der Waals surface area contributed by atoms with E-state index in [1.54, 1.807) is 17.8 Å². The number of nitrogens with zero attached hydrogens (tertiary/aromatic N) is 5. The first-order valence-electron chi connectivity index (χ1n) is 10.9. The van der Waals surface area contributed by atoms with Gasteiger partial charge in [-0.15, -0.1) is 0 Å². The summed E-state index contributed by atoms with van der Waals surface area (Å²) in [7, 11) is 3.41. The second-order valence-corrected chi connectivity index (χ2v) is 7.89. The van der Waals surface area contributed by atoms with E-state index in [2.05, 4.69) is 45.3 Å². The minimum absolute atomic E-state index is 0.219. The number of carbonyl (C=O) groups is 1. The van der Waals surface area contributed by atoms with Crippen molar-refractivity contribution in [1.82, 2.24) is 29.5 Å². The molecule has 0 aromatic carbocycles. The maximum Gasteiger partial charge on any atom is 0.256 e. The van der Waals surface area contributed by atoms with Gasteiger partial charge in [-0.2, -0.15) is 9.61 Å². The molecule has 9 heteroatoms. The van der Waals surface area contributed by atoms with Crippen molar-refractivity contribution in [3.63, 3.8) is 0 Å². The lowest BCUT2D eigenvalue weighted by molar-refractivity contribution is 0.0964. The van der Waals surface area contributed by atoms with Crippen LogP contribution in [0.3, 0.4) is 0 Å². The van der Waals surface area contributed by atoms with Crippen molar-refractivity contribution >= 4 is 28.4 Å². The molecular weight excluding hydrogens is 406 g/mol. The highest BCUT2D eigenvalue weighted by Gasteiger charge is 2.19. The van der Waals surface area contributed by atoms with Gasteiger partial charge in [0, 0.05) is 62.8 Å². The van der Waals surface area contributed by atoms with E-state index in [9.17, 15) is 4.79 Å². The zero-order chi connectivity index (χ0) is 22.7. The first kappa shape index (κ1) is 21.8. The van der Waals surface area contributed by atoms with Crippen LogP contribution in [-0.2, 0) is 4.74 Å². The van der Waals surface area contributed by atoms with E-state index in [1.165, 1.54) is 19.0 Å². The molecule has 1 amide bonds. The summed E-state index contributed by atoms with van der Waals surface area (Å²) in [5.74, 6) is 0.530. The number of amides is 1. The lowest BCUT2D eigenvalue weighted by Gasteiger charge is -2.08. The van der Waals surface area contributed by atoms with Crippen LogP contribution in [0.2, 0.25) is 0 Å². The molecule has 0 aliphatic carbocycles. The van der Waals surface area contributed by atoms with Gasteiger partial charge in [0.2, 0.25) is 0 Å². The summed E-state index contributed by atoms with van der Waals surface area (Å²) >= 11 is 0. The Hall–Kier alpha value is -3.46. The van der Waals surface area contributed by atoms with Gasteiger partial charge in [0.15, 0.2) is 5.65 Å². The third-order valence-corrected chi connectivity index (χ3v) is 5.45. The number of anilines is 1. The van der Waals surface area contributed by atoms with Crippen LogP contribution >= 0.6 is 0 Å². The maximum atomic E-state index is 12.2. The molecule has 0 atom stereocenters. The average molecular weight is 436 g/mol. The molecule has 0 spiro atoms. The first-order valence-corrected chi connectivity index (χ1v) is 10.9. The number of hydrogen-bond acceptors (Lipinski definition) is 6. The van der Waals surface area contributed by atoms with Crippen molar-refractivity contribution in [3.05, 3.63) is 42.4 Å². The van der Waals surface area contributed by atoms with E-state index < -0.39 is 0 Å². The van der Waals surface area contributed by atoms with Gasteiger partial charge in [-0.3, -0.25) is 4.79 Å². The molecule has 1 aliphatic heterocycles. The number of pyridine rings is 1. The highest BCUT2D eigenvalue weighted by atomic mass is 16.5. The largest absolute Gasteiger partial charge is 0.381 e. The topological polar surface area (TPSA) is 98.4 Å². The highest BCUT2D eigenvalue weighted by molar-refractivity contribution is 6.00. The zero-order valence-corrected chi connectivity index (χ0v) is 18.9. The molecule has 0 radical (unpaired) electrons. The molecule has 32 heavy (non-hydrogen) atoms. The molecule has 5 heterocycles. The van der Waals surface area contributed by atoms with Crippen molar-refractivity contribution in [3.8, 4) is 11.3 Å². The lowest BCUT2D eigenvalue weighted by atomic mass is 10.1. The summed E-state index contributed by atoms with van der Waals surface area (Å²) in [6, 6.07) is 6.15. The Bertz CT molecular complexity index is 1230. The Morgan fingerprint density at radius 2 is 1.97 bits per heavy atom. The van der Waals surface area contributed by atoms with Gasteiger partial charge < -0.3 is 19.9 Å². The van der Waals surface area contributed by atoms with Crippen LogP contribution in [0.15, 0.2) is 36.8 Å². The van der Waals surface area contributed by atoms with Crippen LogP contribution in [0.5, 0.6) is 0 Å². The van der Waals surface area contributed by atoms with E-state index in [0.29, 0.717) is 11.2 Å². The van der Waals surface area contributed by atoms with Crippen molar-refractivity contribution in [2.45, 2.75) is 32.7 Å². The molecular formula is C23H29N7O2. The minimum atomic E-state index is -0.219. The number of hydrogen-bond donors (Lipinski definition) is 2. The minimum Gasteiger partial charge on any atom is -0.381 e. The van der Waals surface area contributed by atoms with Crippen LogP contribution in [0.4, 0.5) is 5.82 Å². The van der Waals surface area contributed by atoms with Crippen LogP contribution in [0.25, 0.3) is 27.9 Å². The molecule has 1 saturated heterocycles. The van der Waals surface area contributed by atoms with Crippen LogP contribution in [0, 0.1) is 0 Å². The number of fused-ring (bicyclic) bond motifs is 2. The maximum absolute atomic E-state index is 12.2. The Kier molecular flexibility index (Phi) is 6.36. The fourth-order valence-electron chi connectivity index (χ4n) is 3.76. The van der Waals surface area contributed by atoms with Gasteiger partial charge in [-0.05, 0) is 38.8 Å². The fourth-order valence-corrected chi connectivity index (χ4v) is 3.76. The molecule has 5 rings (SSSR count). The summed E-state index contributed by atoms with van der Waals surface area (Å²) in [6.45, 7) is 6.24. The third-order valence-electron chi connectivity index (χ3n) is 5.45. The van der Waals surface area contributed by atoms with Gasteiger partial charge in [-0.1, -0.05) is 0 Å². The van der Waals surface area contributed by atoms with Crippen LogP contribution < -0.4 is 10.6 Å². The summed E-state index contributed by atoms with van der Waals surface area (Å²) in [6.07, 6.45) is 7.95. The standard InChI is InChI=1S/C19H21N7O.C4H8O/c1-11(2)25-10-14(12-6-5-7-22-17(12)25)15-8-16(20-3)26-18(24-15)13(9-23-26)19(27)21-4;1-2-4-5-3-1/h5-11,20H,1-4H3,(H,21,27);1-4H2. The summed E-state index contributed by atoms with van der Waals surface area (Å²) < 4.78 is 8.71. The average Bonchev–Trinajstić information content (AvgIpc) is 3.58. The van der Waals surface area contributed by atoms with E-state index >= 15 is 0 Å². The number of carbonyl (C=O) groups excluding carboxylic acids is 1. The Morgan fingerprint density at radius 1 is 1.19 bits per heavy atom. The molecule has 9 nitrogen and oxygen atoms in total. The van der Waals surface area contributed by atoms with Gasteiger partial charge >= 0.3 is 0 Å². The number of nitrogens with one attached hydrogen (secondary N) is 2. The number of ether oxygens (including phenoxy) is 1. The number of aromatic nitrogens is 5. The van der Waals surface area contributed by atoms with Crippen LogP contribution in [-0.4, -0.2) is 57.4 Å². The zero-order valence-electron chi connectivity index (χ0n) is 18.9. The summed E-state index contributed by atoms with van der Waals surface area (Å²) in [4.78, 5) is 21.5. The van der Waals surface area contributed by atoms with Crippen molar-refractivity contribution in [1.29, 1.82) is 0 Å². The van der Waals surface area contributed by atoms with Crippen LogP contribution in [0.1, 0.15) is 43.1 Å². The lowest BCUT2D eigenvalue weighted by Crippen LogP contribution is -2.18. The smallest absolute Gasteiger partial charge is 0.256 e. The predicted molar refractivity (Wildman–Crippen MR) is 125 cm³/mol. The molecule has 1 fully saturated rings. The fraction of sp³-hybridized carbons (Fsp3) is 0.391. The molecule has 168 valence electrons. The summed E-state index contributed by atoms with van der Waals surface area (Å²) in [5, 5.41) is 11.1. The monoisotopic (exact) mass is 435 g/mol. The Morgan fingerprint density at radius 3 is 2.59 bits per heavy atom. The van der Waals surface area contributed by atoms with Gasteiger partial charge in [-0.25, -0.2) is 9.97 Å². The molecule has 0 unspecified atom stereocenters. The second-order valence-electron chi connectivity index (χ2n) is 7.89. The van der Waals surface area contributed by atoms with E-state index in [1.807, 2.05) is 25.2 Å². The third kappa shape index (κ3) is 4.03. The van der Waals surface area contributed by atoms with Crippen molar-refractivity contribution < 1.29 is 9.53 Å². The molecule has 4 aromatic heterocycles. The molecule has 2 N–H and O–H groups in total. The normalized spacial score (nSPS) is 13.4. The van der Waals surface area contributed by atoms with Gasteiger partial charge in [0.05, 0.1) is 11.9 Å². The number of rotatable bonds is 4. The summed E-state index contributed by atoms with van der Waals surface area (Å²) in [5.41, 5.74) is 3.58. The van der Waals surface area contributed by atoms with E-state index in [0.717, 1.165) is 41.3 Å². The second kappa shape index (κ2) is 9.35. The van der Waals surface area contributed by atoms with Gasteiger partial charge in [0.1, 0.15) is 17.0 Å². The predicted octanol–water partition coefficient (Wildman–Crippen LogP) is 3.53. The quantitative estimate of drug-likeness (QED) is 0.509. The molecule has 0 bridgehead atoms. The molecule has 0 saturated carbocycles. The molecule has 4 aromatic rings. The Balaban J connectivity index is 0.000000433. The van der Waals surface area contributed by atoms with E-state index in [-0.39, 0.29) is 11.9 Å². The van der Waals surface area contributed by atoms with Crippen molar-refractivity contribution in [2.24, 2.45) is 0 Å². The van der Waals surface area contributed by atoms with Crippen molar-refractivity contribution in [2.75, 3.05) is 32.6 Å². The first-order chi connectivity index (χ1) is 15.5. The molecule has 1 aliphatic rings. The SMILES string of the molecule is C1CCOC1.CNC(=O)c1cnn2c(NC)cc(-c3cn(C(C)C)c4ncccc34)nc12. The highest BCUT2D eigenvalue weighted by Crippen LogP contribution is 2.32. The van der Waals surface area contributed by atoms with E-state index in [4.69, 9.17) is 9.72 Å².